The molecule has 4 rings (SSSR count). The molecular weight excluding hydrogens is 498 g/mol. The van der Waals surface area contributed by atoms with Crippen LogP contribution in [0.4, 0.5) is 17.6 Å². The Morgan fingerprint density at radius 2 is 1.95 bits per heavy atom. The molecule has 13 heteroatoms. The number of pyridine rings is 1. The van der Waals surface area contributed by atoms with E-state index in [0.717, 1.165) is 6.20 Å². The van der Waals surface area contributed by atoms with Crippen molar-refractivity contribution in [1.82, 2.24) is 25.4 Å². The van der Waals surface area contributed by atoms with Gasteiger partial charge in [0.1, 0.15) is 0 Å². The van der Waals surface area contributed by atoms with Crippen LogP contribution < -0.4 is 10.1 Å². The van der Waals surface area contributed by atoms with Crippen molar-refractivity contribution in [3.05, 3.63) is 29.8 Å². The van der Waals surface area contributed by atoms with Crippen LogP contribution in [0.15, 0.2) is 18.3 Å². The molecule has 0 bridgehead atoms. The number of methoxy groups -OCH3 is 1. The molecule has 202 valence electrons. The maximum Gasteiger partial charge on any atom is 0.417 e. The van der Waals surface area contributed by atoms with E-state index < -0.39 is 42.4 Å². The number of hydrogen-bond acceptors (Lipinski definition) is 6. The monoisotopic (exact) mass is 527 g/mol. The van der Waals surface area contributed by atoms with Crippen LogP contribution in [0, 0.1) is 11.7 Å². The number of halogens is 4. The summed E-state index contributed by atoms with van der Waals surface area (Å²) in [4.78, 5) is 31.3. The third-order valence-corrected chi connectivity index (χ3v) is 7.32. The molecule has 2 fully saturated rings. The number of hydrogen-bond donors (Lipinski definition) is 3. The smallest absolute Gasteiger partial charge is 0.417 e. The number of aliphatic hydroxyl groups is 1. The summed E-state index contributed by atoms with van der Waals surface area (Å²) in [6, 6.07) is 2.10. The largest absolute Gasteiger partial charge is 0.481 e. The number of alkyl halides is 3. The molecule has 0 aromatic carbocycles. The topological polar surface area (TPSA) is 120 Å². The Balaban J connectivity index is 1.33. The number of nitrogens with zero attached hydrogens (tertiary/aromatic N) is 3. The van der Waals surface area contributed by atoms with Crippen molar-refractivity contribution in [2.24, 2.45) is 5.92 Å². The van der Waals surface area contributed by atoms with Gasteiger partial charge in [-0.2, -0.15) is 18.3 Å². The number of aromatic nitrogens is 3. The van der Waals surface area contributed by atoms with Gasteiger partial charge in [-0.15, -0.1) is 0 Å². The molecule has 0 spiro atoms. The molecule has 2 aromatic rings. The van der Waals surface area contributed by atoms with Gasteiger partial charge in [0, 0.05) is 36.2 Å². The highest BCUT2D eigenvalue weighted by atomic mass is 19.4. The fraction of sp³-hybridized carbons (Fsp3) is 0.583. The van der Waals surface area contributed by atoms with Gasteiger partial charge in [0.15, 0.2) is 17.1 Å². The zero-order chi connectivity index (χ0) is 27.0. The number of carbonyl (C=O) groups excluding carboxylic acids is 2. The van der Waals surface area contributed by atoms with Gasteiger partial charge < -0.3 is 20.1 Å². The van der Waals surface area contributed by atoms with E-state index in [0.29, 0.717) is 12.8 Å². The summed E-state index contributed by atoms with van der Waals surface area (Å²) in [5.74, 6) is -1.42. The van der Waals surface area contributed by atoms with E-state index in [9.17, 15) is 32.3 Å². The standard InChI is InChI=1S/C24H29F4N5O4/c1-13-9-14(21(34)30-15-3-6-23(36,7-4-15)24(26,27)28)5-8-33(13)22(35)19-11-18(31-32-19)16-10-20(37-2)29-12-17(16)25/h10-15,36H,3-9H2,1-2H3,(H,30,34)(H,31,32)/t13-,14+,15-,23-/m0/s1. The van der Waals surface area contributed by atoms with Gasteiger partial charge in [0.2, 0.25) is 11.8 Å². The van der Waals surface area contributed by atoms with Gasteiger partial charge in [-0.1, -0.05) is 0 Å². The number of aromatic amines is 1. The normalized spacial score (nSPS) is 26.6. The summed E-state index contributed by atoms with van der Waals surface area (Å²) in [7, 11) is 1.40. The molecule has 0 radical (unpaired) electrons. The fourth-order valence-corrected chi connectivity index (χ4v) is 5.01. The first-order chi connectivity index (χ1) is 17.4. The van der Waals surface area contributed by atoms with Crippen molar-refractivity contribution in [2.75, 3.05) is 13.7 Å². The van der Waals surface area contributed by atoms with Crippen LogP contribution in [-0.2, 0) is 4.79 Å². The molecule has 3 N–H and O–H groups in total. The average Bonchev–Trinajstić information content (AvgIpc) is 3.35. The average molecular weight is 528 g/mol. The number of nitrogens with one attached hydrogen (secondary N) is 2. The third-order valence-electron chi connectivity index (χ3n) is 7.32. The Kier molecular flexibility index (Phi) is 7.45. The van der Waals surface area contributed by atoms with E-state index >= 15 is 0 Å². The molecule has 2 atom stereocenters. The van der Waals surface area contributed by atoms with E-state index in [1.165, 1.54) is 19.2 Å². The molecule has 37 heavy (non-hydrogen) atoms. The van der Waals surface area contributed by atoms with Gasteiger partial charge >= 0.3 is 6.18 Å². The van der Waals surface area contributed by atoms with Crippen molar-refractivity contribution in [3.8, 4) is 17.1 Å². The Bertz CT molecular complexity index is 1150. The summed E-state index contributed by atoms with van der Waals surface area (Å²) in [5, 5.41) is 19.3. The van der Waals surface area contributed by atoms with Gasteiger partial charge in [-0.05, 0) is 51.5 Å². The minimum atomic E-state index is -4.69. The number of carbonyl (C=O) groups is 2. The highest BCUT2D eigenvalue weighted by Crippen LogP contribution is 2.41. The summed E-state index contributed by atoms with van der Waals surface area (Å²) in [5.41, 5.74) is -2.17. The van der Waals surface area contributed by atoms with Gasteiger partial charge in [0.05, 0.1) is 19.0 Å². The number of likely N-dealkylation sites (tertiary alicyclic amines) is 1. The molecule has 2 aromatic heterocycles. The molecule has 2 amide bonds. The lowest BCUT2D eigenvalue weighted by molar-refractivity contribution is -0.270. The minimum Gasteiger partial charge on any atom is -0.481 e. The van der Waals surface area contributed by atoms with Crippen LogP contribution in [0.1, 0.15) is 55.9 Å². The predicted octanol–water partition coefficient (Wildman–Crippen LogP) is 3.21. The second kappa shape index (κ2) is 10.3. The van der Waals surface area contributed by atoms with Crippen LogP contribution in [0.3, 0.4) is 0 Å². The van der Waals surface area contributed by atoms with Gasteiger partial charge in [-0.25, -0.2) is 9.37 Å². The molecule has 1 aliphatic carbocycles. The summed E-state index contributed by atoms with van der Waals surface area (Å²) in [6.45, 7) is 2.10. The SMILES string of the molecule is COc1cc(-c2cc(C(=O)N3CC[C@@H](C(=O)N[C@H]4CC[C@@](O)(C(F)(F)F)CC4)C[C@@H]3C)n[nH]2)c(F)cn1. The Morgan fingerprint density at radius 3 is 2.57 bits per heavy atom. The summed E-state index contributed by atoms with van der Waals surface area (Å²) in [6.07, 6.45) is -3.73. The van der Waals surface area contributed by atoms with Gasteiger partial charge in [0.25, 0.3) is 5.91 Å². The van der Waals surface area contributed by atoms with Crippen LogP contribution in [0.25, 0.3) is 11.3 Å². The third kappa shape index (κ3) is 5.55. The number of H-pyrrole nitrogens is 1. The number of rotatable bonds is 5. The molecule has 1 saturated carbocycles. The lowest BCUT2D eigenvalue weighted by atomic mass is 9.81. The molecule has 1 aliphatic heterocycles. The first-order valence-electron chi connectivity index (χ1n) is 12.1. The maximum atomic E-state index is 14.2. The predicted molar refractivity (Wildman–Crippen MR) is 123 cm³/mol. The first-order valence-corrected chi connectivity index (χ1v) is 12.1. The molecule has 0 unspecified atom stereocenters. The molecule has 9 nitrogen and oxygen atoms in total. The Hall–Kier alpha value is -3.22. The molecule has 1 saturated heterocycles. The first kappa shape index (κ1) is 26.8. The molecular formula is C24H29F4N5O4. The summed E-state index contributed by atoms with van der Waals surface area (Å²) < 4.78 is 58.3. The molecule has 3 heterocycles. The Morgan fingerprint density at radius 1 is 1.24 bits per heavy atom. The van der Waals surface area contributed by atoms with Gasteiger partial charge in [-0.3, -0.25) is 14.7 Å². The highest BCUT2D eigenvalue weighted by molar-refractivity contribution is 5.94. The number of ether oxygens (including phenoxy) is 1. The van der Waals surface area contributed by atoms with E-state index in [1.807, 2.05) is 6.92 Å². The lowest BCUT2D eigenvalue weighted by Gasteiger charge is -2.39. The number of amides is 2. The van der Waals surface area contributed by atoms with E-state index in [4.69, 9.17) is 4.74 Å². The summed E-state index contributed by atoms with van der Waals surface area (Å²) >= 11 is 0. The van der Waals surface area contributed by atoms with E-state index in [1.54, 1.807) is 4.90 Å². The zero-order valence-corrected chi connectivity index (χ0v) is 20.4. The number of piperidine rings is 1. The lowest BCUT2D eigenvalue weighted by Crippen LogP contribution is -2.53. The fourth-order valence-electron chi connectivity index (χ4n) is 5.01. The van der Waals surface area contributed by atoms with E-state index in [2.05, 4.69) is 20.5 Å². The Labute approximate surface area is 210 Å². The van der Waals surface area contributed by atoms with E-state index in [-0.39, 0.29) is 60.1 Å². The van der Waals surface area contributed by atoms with Crippen molar-refractivity contribution in [2.45, 2.75) is 69.3 Å². The van der Waals surface area contributed by atoms with Crippen molar-refractivity contribution in [3.63, 3.8) is 0 Å². The van der Waals surface area contributed by atoms with Crippen molar-refractivity contribution >= 4 is 11.8 Å². The maximum absolute atomic E-state index is 14.2. The van der Waals surface area contributed by atoms with Crippen molar-refractivity contribution < 1.29 is 37.0 Å². The van der Waals surface area contributed by atoms with Crippen molar-refractivity contribution in [1.29, 1.82) is 0 Å². The zero-order valence-electron chi connectivity index (χ0n) is 20.4. The quantitative estimate of drug-likeness (QED) is 0.514. The second-order valence-electron chi connectivity index (χ2n) is 9.75. The highest BCUT2D eigenvalue weighted by Gasteiger charge is 2.54. The van der Waals surface area contributed by atoms with Crippen LogP contribution in [-0.4, -0.2) is 74.5 Å². The van der Waals surface area contributed by atoms with Crippen LogP contribution in [0.5, 0.6) is 5.88 Å². The minimum absolute atomic E-state index is 0.0417. The molecule has 2 aliphatic rings. The second-order valence-corrected chi connectivity index (χ2v) is 9.75. The van der Waals surface area contributed by atoms with Crippen LogP contribution >= 0.6 is 0 Å². The van der Waals surface area contributed by atoms with Crippen LogP contribution in [0.2, 0.25) is 0 Å².